The molecule has 1 spiro atoms. The van der Waals surface area contributed by atoms with E-state index in [1.54, 1.807) is 24.3 Å². The Morgan fingerprint density at radius 1 is 1.04 bits per heavy atom. The summed E-state index contributed by atoms with van der Waals surface area (Å²) in [4.78, 5) is 17.7. The third-order valence-corrected chi connectivity index (χ3v) is 17.2. The molecule has 0 aromatic heterocycles. The quantitative estimate of drug-likeness (QED) is 0.144. The topological polar surface area (TPSA) is 125 Å². The largest absolute Gasteiger partial charge is 0.415 e. The zero-order valence-electron chi connectivity index (χ0n) is 29.9. The van der Waals surface area contributed by atoms with Crippen LogP contribution < -0.4 is 9.62 Å². The van der Waals surface area contributed by atoms with Crippen molar-refractivity contribution in [3.63, 3.8) is 0 Å². The second-order valence-electron chi connectivity index (χ2n) is 14.6. The van der Waals surface area contributed by atoms with Gasteiger partial charge in [0.1, 0.15) is 11.4 Å². The fourth-order valence-corrected chi connectivity index (χ4v) is 8.86. The third-order valence-electron chi connectivity index (χ3n) is 9.88. The number of rotatable bonds is 17. The smallest absolute Gasteiger partial charge is 0.253 e. The molecule has 0 bridgehead atoms. The van der Waals surface area contributed by atoms with Crippen LogP contribution in [0.15, 0.2) is 28.6 Å². The molecule has 13 heteroatoms. The van der Waals surface area contributed by atoms with Crippen molar-refractivity contribution in [1.29, 1.82) is 0 Å². The average Bonchev–Trinajstić information content (AvgIpc) is 3.26. The fraction of sp³-hybridized carbons (Fsp3) is 0.706. The summed E-state index contributed by atoms with van der Waals surface area (Å²) in [6, 6.07) is 5.18. The first kappa shape index (κ1) is 39.4. The van der Waals surface area contributed by atoms with E-state index in [0.29, 0.717) is 24.1 Å². The number of hydrogen-bond acceptors (Lipinski definition) is 7. The van der Waals surface area contributed by atoms with Gasteiger partial charge in [0.05, 0.1) is 25.1 Å². The molecule has 47 heavy (non-hydrogen) atoms. The van der Waals surface area contributed by atoms with E-state index in [2.05, 4.69) is 46.1 Å². The number of anilines is 1. The summed E-state index contributed by atoms with van der Waals surface area (Å²) >= 11 is 0. The van der Waals surface area contributed by atoms with E-state index in [1.165, 1.54) is 52.4 Å². The van der Waals surface area contributed by atoms with Crippen molar-refractivity contribution in [2.24, 2.45) is 4.99 Å². The van der Waals surface area contributed by atoms with Gasteiger partial charge in [-0.2, -0.15) is 4.31 Å². The van der Waals surface area contributed by atoms with Gasteiger partial charge in [-0.3, -0.25) is 14.1 Å². The number of unbranched alkanes of at least 4 members (excludes halogenated alkanes) is 6. The third kappa shape index (κ3) is 10.7. The molecular formula is C34H58N4O6S2Si. The van der Waals surface area contributed by atoms with E-state index >= 15 is 0 Å². The fourth-order valence-electron chi connectivity index (χ4n) is 5.74. The number of amides is 1. The van der Waals surface area contributed by atoms with Gasteiger partial charge in [-0.25, -0.2) is 16.8 Å². The molecule has 0 unspecified atom stereocenters. The van der Waals surface area contributed by atoms with Gasteiger partial charge in [0.15, 0.2) is 8.32 Å². The highest BCUT2D eigenvalue weighted by atomic mass is 32.2. The number of aliphatic imine (C=N–C) groups is 1. The first-order valence-electron chi connectivity index (χ1n) is 17.1. The minimum atomic E-state index is -3.74. The Kier molecular flexibility index (Phi) is 13.5. The van der Waals surface area contributed by atoms with Crippen molar-refractivity contribution in [2.75, 3.05) is 36.8 Å². The second-order valence-corrected chi connectivity index (χ2v) is 23.2. The van der Waals surface area contributed by atoms with E-state index in [9.17, 15) is 21.6 Å². The SMILES string of the molecule is CCCCCCCCCC1=NC2(CCN(S(=O)(=O)/C=C/c3ccc(N(CCO[Si](C)(C)C(C)(C)C)S(C)(=O)=O)cc3C)CC2)C(=O)N1. The number of nitrogens with zero attached hydrogens (tertiary/aromatic N) is 3. The van der Waals surface area contributed by atoms with Gasteiger partial charge in [-0.05, 0) is 73.7 Å². The number of carbonyl (C=O) groups excluding carboxylic acids is 1. The van der Waals surface area contributed by atoms with E-state index in [0.717, 1.165) is 30.7 Å². The Hall–Kier alpha value is -2.06. The Morgan fingerprint density at radius 3 is 2.23 bits per heavy atom. The highest BCUT2D eigenvalue weighted by Crippen LogP contribution is 2.37. The average molecular weight is 711 g/mol. The van der Waals surface area contributed by atoms with Crippen molar-refractivity contribution in [3.8, 4) is 0 Å². The lowest BCUT2D eigenvalue weighted by atomic mass is 9.89. The molecule has 0 saturated carbocycles. The van der Waals surface area contributed by atoms with Crippen molar-refractivity contribution in [3.05, 3.63) is 34.7 Å². The number of amidine groups is 1. The molecule has 1 amide bonds. The van der Waals surface area contributed by atoms with E-state index in [-0.39, 0.29) is 37.2 Å². The normalized spacial score (nSPS) is 17.8. The predicted octanol–water partition coefficient (Wildman–Crippen LogP) is 6.59. The van der Waals surface area contributed by atoms with Crippen LogP contribution >= 0.6 is 0 Å². The molecule has 2 aliphatic heterocycles. The highest BCUT2D eigenvalue weighted by molar-refractivity contribution is 7.92. The standard InChI is InChI=1S/C34H58N4O6S2Si/c1-9-10-11-12-13-14-15-16-31-35-32(39)34(36-31)20-22-37(23-21-34)46(42,43)26-19-29-17-18-30(27-28(29)2)38(45(6,40)41)24-25-44-47(7,8)33(3,4)5/h17-19,26-27H,9-16,20-25H2,1-8H3,(H,35,36,39)/b26-19+. The molecule has 1 aromatic rings. The summed E-state index contributed by atoms with van der Waals surface area (Å²) in [7, 11) is -9.34. The number of carbonyl (C=O) groups is 1. The molecule has 0 radical (unpaired) electrons. The van der Waals surface area contributed by atoms with Crippen molar-refractivity contribution in [1.82, 2.24) is 9.62 Å². The monoisotopic (exact) mass is 710 g/mol. The number of piperidine rings is 1. The van der Waals surface area contributed by atoms with Gasteiger partial charge in [0, 0.05) is 24.9 Å². The molecule has 1 saturated heterocycles. The van der Waals surface area contributed by atoms with Crippen LogP contribution in [0.25, 0.3) is 6.08 Å². The molecule has 266 valence electrons. The zero-order valence-corrected chi connectivity index (χ0v) is 32.5. The van der Waals surface area contributed by atoms with Crippen molar-refractivity contribution < 1.29 is 26.1 Å². The molecule has 1 N–H and O–H groups in total. The predicted molar refractivity (Wildman–Crippen MR) is 196 cm³/mol. The van der Waals surface area contributed by atoms with Gasteiger partial charge in [0.2, 0.25) is 20.0 Å². The van der Waals surface area contributed by atoms with E-state index in [1.807, 2.05) is 6.92 Å². The number of benzene rings is 1. The van der Waals surface area contributed by atoms with Crippen molar-refractivity contribution in [2.45, 2.75) is 122 Å². The number of nitrogens with one attached hydrogen (secondary N) is 1. The van der Waals surface area contributed by atoms with Gasteiger partial charge in [0.25, 0.3) is 5.91 Å². The summed E-state index contributed by atoms with van der Waals surface area (Å²) in [6.45, 7) is 15.6. The molecular weight excluding hydrogens is 653 g/mol. The van der Waals surface area contributed by atoms with Gasteiger partial charge < -0.3 is 9.74 Å². The number of sulfonamides is 2. The summed E-state index contributed by atoms with van der Waals surface area (Å²) in [6.07, 6.45) is 12.5. The Balaban J connectivity index is 1.60. The maximum atomic E-state index is 13.3. The minimum absolute atomic E-state index is 0.0126. The molecule has 10 nitrogen and oxygen atoms in total. The maximum Gasteiger partial charge on any atom is 0.253 e. The van der Waals surface area contributed by atoms with E-state index in [4.69, 9.17) is 9.42 Å². The number of hydrogen-bond donors (Lipinski definition) is 1. The van der Waals surface area contributed by atoms with Crippen molar-refractivity contribution >= 4 is 51.9 Å². The lowest BCUT2D eigenvalue weighted by Gasteiger charge is -2.36. The van der Waals surface area contributed by atoms with Crippen LogP contribution in [0, 0.1) is 6.92 Å². The van der Waals surface area contributed by atoms with Gasteiger partial charge in [-0.15, -0.1) is 0 Å². The molecule has 0 atom stereocenters. The van der Waals surface area contributed by atoms with Crippen LogP contribution in [0.3, 0.4) is 0 Å². The molecule has 1 aromatic carbocycles. The lowest BCUT2D eigenvalue weighted by molar-refractivity contribution is -0.124. The van der Waals surface area contributed by atoms with Gasteiger partial charge >= 0.3 is 0 Å². The van der Waals surface area contributed by atoms with Crippen LogP contribution in [0.2, 0.25) is 18.1 Å². The van der Waals surface area contributed by atoms with E-state index < -0.39 is 33.9 Å². The van der Waals surface area contributed by atoms with Crippen LogP contribution in [0.1, 0.15) is 103 Å². The summed E-state index contributed by atoms with van der Waals surface area (Å²) in [5.74, 6) is 0.615. The molecule has 2 aliphatic rings. The Bertz CT molecular complexity index is 1510. The molecule has 3 rings (SSSR count). The Labute approximate surface area is 285 Å². The van der Waals surface area contributed by atoms with Crippen LogP contribution in [0.5, 0.6) is 0 Å². The first-order chi connectivity index (χ1) is 21.8. The zero-order chi connectivity index (χ0) is 35.1. The molecule has 2 heterocycles. The van der Waals surface area contributed by atoms with Gasteiger partial charge in [-0.1, -0.05) is 72.3 Å². The van der Waals surface area contributed by atoms with Crippen LogP contribution in [-0.4, -0.2) is 79.2 Å². The molecule has 1 fully saturated rings. The first-order valence-corrected chi connectivity index (χ1v) is 23.4. The minimum Gasteiger partial charge on any atom is -0.415 e. The summed E-state index contributed by atoms with van der Waals surface area (Å²) in [5, 5.41) is 4.17. The van der Waals surface area contributed by atoms with Crippen LogP contribution in [-0.2, 0) is 29.3 Å². The maximum absolute atomic E-state index is 13.3. The highest BCUT2D eigenvalue weighted by Gasteiger charge is 2.47. The number of aryl methyl sites for hydroxylation is 1. The Morgan fingerprint density at radius 2 is 1.66 bits per heavy atom. The summed E-state index contributed by atoms with van der Waals surface area (Å²) in [5.41, 5.74) is 1.05. The lowest BCUT2D eigenvalue weighted by Crippen LogP contribution is -2.50. The molecule has 0 aliphatic carbocycles. The second kappa shape index (κ2) is 16.1. The summed E-state index contributed by atoms with van der Waals surface area (Å²) < 4.78 is 60.9. The van der Waals surface area contributed by atoms with Crippen LogP contribution in [0.4, 0.5) is 5.69 Å².